The molecule has 0 saturated heterocycles. The Morgan fingerprint density at radius 3 is 2.29 bits per heavy atom. The summed E-state index contributed by atoms with van der Waals surface area (Å²) >= 11 is 0. The minimum absolute atomic E-state index is 0.0741. The fourth-order valence-electron chi connectivity index (χ4n) is 1.89. The fraction of sp³-hybridized carbons (Fsp3) is 0.929. The van der Waals surface area contributed by atoms with Gasteiger partial charge in [-0.3, -0.25) is 4.79 Å². The van der Waals surface area contributed by atoms with Gasteiger partial charge in [-0.05, 0) is 51.9 Å². The van der Waals surface area contributed by atoms with Gasteiger partial charge in [0.25, 0.3) is 0 Å². The van der Waals surface area contributed by atoms with Crippen molar-refractivity contribution < 1.29 is 9.53 Å². The van der Waals surface area contributed by atoms with Crippen molar-refractivity contribution in [1.29, 1.82) is 0 Å². The third kappa shape index (κ3) is 5.07. The first-order valence-corrected chi connectivity index (χ1v) is 6.87. The number of amides is 1. The molecule has 0 aliphatic heterocycles. The van der Waals surface area contributed by atoms with Crippen molar-refractivity contribution in [3.8, 4) is 0 Å². The first-order valence-electron chi connectivity index (χ1n) is 6.87. The Morgan fingerprint density at radius 1 is 1.24 bits per heavy atom. The number of nitrogens with one attached hydrogen (secondary N) is 1. The van der Waals surface area contributed by atoms with E-state index in [1.165, 1.54) is 25.7 Å². The number of rotatable bonds is 6. The van der Waals surface area contributed by atoms with Gasteiger partial charge in [-0.2, -0.15) is 0 Å². The first kappa shape index (κ1) is 12.9. The zero-order valence-electron chi connectivity index (χ0n) is 11.3. The molecule has 2 rings (SSSR count). The van der Waals surface area contributed by atoms with Gasteiger partial charge < -0.3 is 10.1 Å². The highest BCUT2D eigenvalue weighted by Gasteiger charge is 2.33. The molecular formula is C14H25NO2. The second-order valence-corrected chi connectivity index (χ2v) is 6.68. The number of ether oxygens (including phenoxy) is 1. The second kappa shape index (κ2) is 4.97. The van der Waals surface area contributed by atoms with Crippen LogP contribution in [0.4, 0.5) is 0 Å². The number of carbonyl (C=O) groups is 1. The molecule has 1 N–H and O–H groups in total. The maximum absolute atomic E-state index is 12.1. The van der Waals surface area contributed by atoms with Crippen LogP contribution in [-0.4, -0.2) is 24.2 Å². The molecule has 1 amide bonds. The zero-order chi connectivity index (χ0) is 12.5. The third-order valence-electron chi connectivity index (χ3n) is 3.27. The zero-order valence-corrected chi connectivity index (χ0v) is 11.3. The highest BCUT2D eigenvalue weighted by atomic mass is 16.5. The lowest BCUT2D eigenvalue weighted by Gasteiger charge is -2.25. The third-order valence-corrected chi connectivity index (χ3v) is 3.27. The van der Waals surface area contributed by atoms with Crippen LogP contribution in [0.1, 0.15) is 52.9 Å². The minimum atomic E-state index is -0.220. The predicted octanol–water partition coefficient (Wildman–Crippen LogP) is 2.50. The van der Waals surface area contributed by atoms with Crippen LogP contribution in [-0.2, 0) is 9.53 Å². The van der Waals surface area contributed by atoms with Gasteiger partial charge in [0.15, 0.2) is 0 Å². The van der Waals surface area contributed by atoms with Crippen molar-refractivity contribution in [2.24, 2.45) is 11.8 Å². The van der Waals surface area contributed by atoms with Crippen molar-refractivity contribution >= 4 is 5.91 Å². The van der Waals surface area contributed by atoms with Gasteiger partial charge in [0.2, 0.25) is 5.91 Å². The molecule has 17 heavy (non-hydrogen) atoms. The SMILES string of the molecule is CC(C)(C)NC(=O)C(CC1CC1)OCC1CC1. The first-order chi connectivity index (χ1) is 7.94. The molecular weight excluding hydrogens is 214 g/mol. The molecule has 2 saturated carbocycles. The molecule has 2 fully saturated rings. The molecule has 0 spiro atoms. The fourth-order valence-corrected chi connectivity index (χ4v) is 1.89. The summed E-state index contributed by atoms with van der Waals surface area (Å²) in [6.07, 6.45) is 5.78. The van der Waals surface area contributed by atoms with Crippen LogP contribution in [0.25, 0.3) is 0 Å². The minimum Gasteiger partial charge on any atom is -0.368 e. The Bertz CT molecular complexity index is 274. The number of hydrogen-bond acceptors (Lipinski definition) is 2. The van der Waals surface area contributed by atoms with Gasteiger partial charge >= 0.3 is 0 Å². The lowest BCUT2D eigenvalue weighted by Crippen LogP contribution is -2.47. The number of carbonyl (C=O) groups excluding carboxylic acids is 1. The van der Waals surface area contributed by atoms with Gasteiger partial charge in [-0.25, -0.2) is 0 Å². The van der Waals surface area contributed by atoms with Crippen LogP contribution in [0.2, 0.25) is 0 Å². The van der Waals surface area contributed by atoms with Gasteiger partial charge in [0.05, 0.1) is 6.61 Å². The van der Waals surface area contributed by atoms with Crippen LogP contribution < -0.4 is 5.32 Å². The monoisotopic (exact) mass is 239 g/mol. The molecule has 2 aliphatic carbocycles. The van der Waals surface area contributed by atoms with Crippen LogP contribution in [0, 0.1) is 11.8 Å². The molecule has 0 bridgehead atoms. The summed E-state index contributed by atoms with van der Waals surface area (Å²) in [5.41, 5.74) is -0.165. The van der Waals surface area contributed by atoms with Crippen molar-refractivity contribution in [3.05, 3.63) is 0 Å². The summed E-state index contributed by atoms with van der Waals surface area (Å²) in [4.78, 5) is 12.1. The van der Waals surface area contributed by atoms with Crippen LogP contribution in [0.15, 0.2) is 0 Å². The molecule has 0 radical (unpaired) electrons. The molecule has 1 atom stereocenters. The molecule has 1 unspecified atom stereocenters. The summed E-state index contributed by atoms with van der Waals surface area (Å²) in [6, 6.07) is 0. The molecule has 0 aromatic carbocycles. The molecule has 0 heterocycles. The Labute approximate surface area is 104 Å². The average Bonchev–Trinajstić information content (AvgIpc) is 3.04. The number of hydrogen-bond donors (Lipinski definition) is 1. The van der Waals surface area contributed by atoms with E-state index in [4.69, 9.17) is 4.74 Å². The topological polar surface area (TPSA) is 38.3 Å². The molecule has 0 aromatic heterocycles. The van der Waals surface area contributed by atoms with E-state index in [2.05, 4.69) is 5.32 Å². The lowest BCUT2D eigenvalue weighted by molar-refractivity contribution is -0.135. The highest BCUT2D eigenvalue weighted by molar-refractivity contribution is 5.81. The van der Waals surface area contributed by atoms with Crippen LogP contribution in [0.3, 0.4) is 0 Å². The lowest BCUT2D eigenvalue weighted by atomic mass is 10.1. The average molecular weight is 239 g/mol. The summed E-state index contributed by atoms with van der Waals surface area (Å²) in [5, 5.41) is 3.03. The molecule has 0 aromatic rings. The van der Waals surface area contributed by atoms with Crippen LogP contribution >= 0.6 is 0 Å². The maximum atomic E-state index is 12.1. The van der Waals surface area contributed by atoms with E-state index in [0.717, 1.165) is 24.9 Å². The van der Waals surface area contributed by atoms with E-state index >= 15 is 0 Å². The Hall–Kier alpha value is -0.570. The Morgan fingerprint density at radius 2 is 1.82 bits per heavy atom. The second-order valence-electron chi connectivity index (χ2n) is 6.68. The normalized spacial score (nSPS) is 22.3. The van der Waals surface area contributed by atoms with Gasteiger partial charge in [-0.1, -0.05) is 12.8 Å². The molecule has 98 valence electrons. The van der Waals surface area contributed by atoms with Crippen molar-refractivity contribution in [2.45, 2.75) is 64.5 Å². The van der Waals surface area contributed by atoms with E-state index in [0.29, 0.717) is 0 Å². The van der Waals surface area contributed by atoms with E-state index < -0.39 is 0 Å². The maximum Gasteiger partial charge on any atom is 0.249 e. The molecule has 2 aliphatic rings. The summed E-state index contributed by atoms with van der Waals surface area (Å²) in [6.45, 7) is 6.81. The van der Waals surface area contributed by atoms with Gasteiger partial charge in [0.1, 0.15) is 6.10 Å². The molecule has 3 nitrogen and oxygen atoms in total. The van der Waals surface area contributed by atoms with E-state index in [-0.39, 0.29) is 17.6 Å². The Balaban J connectivity index is 1.80. The van der Waals surface area contributed by atoms with E-state index in [1.54, 1.807) is 0 Å². The summed E-state index contributed by atoms with van der Waals surface area (Å²) in [7, 11) is 0. The quantitative estimate of drug-likeness (QED) is 0.773. The van der Waals surface area contributed by atoms with Crippen LogP contribution in [0.5, 0.6) is 0 Å². The van der Waals surface area contributed by atoms with Crippen molar-refractivity contribution in [1.82, 2.24) is 5.32 Å². The molecule has 3 heteroatoms. The highest BCUT2D eigenvalue weighted by Crippen LogP contribution is 2.35. The largest absolute Gasteiger partial charge is 0.368 e. The standard InChI is InChI=1S/C14H25NO2/c1-14(2,3)15-13(16)12(8-10-4-5-10)17-9-11-6-7-11/h10-12H,4-9H2,1-3H3,(H,15,16). The Kier molecular flexibility index (Phi) is 3.76. The predicted molar refractivity (Wildman–Crippen MR) is 67.7 cm³/mol. The van der Waals surface area contributed by atoms with Gasteiger partial charge in [-0.15, -0.1) is 0 Å². The van der Waals surface area contributed by atoms with E-state index in [9.17, 15) is 4.79 Å². The van der Waals surface area contributed by atoms with E-state index in [1.807, 2.05) is 20.8 Å². The van der Waals surface area contributed by atoms with Crippen molar-refractivity contribution in [2.75, 3.05) is 6.61 Å². The summed E-state index contributed by atoms with van der Waals surface area (Å²) in [5.74, 6) is 1.52. The summed E-state index contributed by atoms with van der Waals surface area (Å²) < 4.78 is 5.81. The smallest absolute Gasteiger partial charge is 0.249 e. The van der Waals surface area contributed by atoms with Gasteiger partial charge in [0, 0.05) is 5.54 Å². The van der Waals surface area contributed by atoms with Crippen molar-refractivity contribution in [3.63, 3.8) is 0 Å².